The number of nitrogens with zero attached hydrogens (tertiary/aromatic N) is 5. The second-order valence-corrected chi connectivity index (χ2v) is 10.4. The molecule has 0 saturated carbocycles. The van der Waals surface area contributed by atoms with Crippen molar-refractivity contribution < 1.29 is 22.5 Å². The van der Waals surface area contributed by atoms with Gasteiger partial charge in [0, 0.05) is 12.6 Å². The van der Waals surface area contributed by atoms with E-state index in [0.717, 1.165) is 4.31 Å². The van der Waals surface area contributed by atoms with E-state index in [1.165, 1.54) is 13.1 Å². The molecule has 0 aliphatic rings. The van der Waals surface area contributed by atoms with Crippen molar-refractivity contribution in [2.24, 2.45) is 0 Å². The Kier molecular flexibility index (Phi) is 6.88. The lowest BCUT2D eigenvalue weighted by molar-refractivity contribution is 0.102. The molecule has 0 atom stereocenters. The average Bonchev–Trinajstić information content (AvgIpc) is 3.49. The molecule has 4 rings (SSSR count). The van der Waals surface area contributed by atoms with Gasteiger partial charge in [0.2, 0.25) is 21.2 Å². The first kappa shape index (κ1) is 23.8. The summed E-state index contributed by atoms with van der Waals surface area (Å²) in [5.74, 6) is 0.466. The van der Waals surface area contributed by atoms with E-state index in [-0.39, 0.29) is 32.5 Å². The molecule has 0 saturated heterocycles. The maximum absolute atomic E-state index is 12.9. The Bertz CT molecular complexity index is 1440. The number of amides is 1. The molecule has 0 bridgehead atoms. The number of rotatable bonds is 8. The number of aromatic nitrogens is 4. The van der Waals surface area contributed by atoms with Crippen LogP contribution in [0.3, 0.4) is 0 Å². The summed E-state index contributed by atoms with van der Waals surface area (Å²) >= 11 is 6.72. The first-order valence-corrected chi connectivity index (χ1v) is 12.2. The normalized spacial score (nSPS) is 11.5. The maximum atomic E-state index is 12.9. The minimum Gasteiger partial charge on any atom is -0.497 e. The number of benzene rings is 2. The van der Waals surface area contributed by atoms with Gasteiger partial charge < -0.3 is 9.26 Å². The highest BCUT2D eigenvalue weighted by Gasteiger charge is 2.28. The van der Waals surface area contributed by atoms with Gasteiger partial charge in [-0.3, -0.25) is 10.1 Å². The van der Waals surface area contributed by atoms with Gasteiger partial charge in [0.15, 0.2) is 0 Å². The molecule has 0 aliphatic carbocycles. The number of methoxy groups -OCH3 is 1. The molecule has 1 amide bonds. The molecule has 176 valence electrons. The van der Waals surface area contributed by atoms with E-state index in [4.69, 9.17) is 20.9 Å². The molecule has 14 heteroatoms. The van der Waals surface area contributed by atoms with E-state index in [1.807, 2.05) is 0 Å². The topological polar surface area (TPSA) is 140 Å². The molecule has 2 aromatic heterocycles. The van der Waals surface area contributed by atoms with Crippen LogP contribution in [0.1, 0.15) is 16.2 Å². The zero-order valence-electron chi connectivity index (χ0n) is 17.8. The van der Waals surface area contributed by atoms with Gasteiger partial charge in [-0.1, -0.05) is 52.4 Å². The van der Waals surface area contributed by atoms with Gasteiger partial charge >= 0.3 is 0 Å². The molecule has 0 radical (unpaired) electrons. The van der Waals surface area contributed by atoms with Gasteiger partial charge in [0.1, 0.15) is 5.75 Å². The summed E-state index contributed by atoms with van der Waals surface area (Å²) in [6, 6.07) is 13.5. The third kappa shape index (κ3) is 5.07. The molecule has 1 N–H and O–H groups in total. The van der Waals surface area contributed by atoms with Gasteiger partial charge in [-0.05, 0) is 24.3 Å². The van der Waals surface area contributed by atoms with Crippen LogP contribution in [0.4, 0.5) is 5.13 Å². The van der Waals surface area contributed by atoms with Crippen LogP contribution in [0.25, 0.3) is 11.4 Å². The Morgan fingerprint density at radius 1 is 1.21 bits per heavy atom. The van der Waals surface area contributed by atoms with Crippen LogP contribution >= 0.6 is 22.9 Å². The fraction of sp³-hybridized carbons (Fsp3) is 0.150. The van der Waals surface area contributed by atoms with Crippen molar-refractivity contribution in [3.63, 3.8) is 0 Å². The zero-order chi connectivity index (χ0) is 24.3. The summed E-state index contributed by atoms with van der Waals surface area (Å²) < 4.78 is 36.9. The first-order valence-electron chi connectivity index (χ1n) is 9.60. The van der Waals surface area contributed by atoms with Crippen LogP contribution in [0.2, 0.25) is 5.02 Å². The molecule has 2 aromatic carbocycles. The van der Waals surface area contributed by atoms with E-state index in [2.05, 4.69) is 25.7 Å². The average molecular weight is 521 g/mol. The molecular formula is C20H17ClN6O5S2. The SMILES string of the molecule is COc1cccc(-c2noc(CN(C)S(=O)(=O)c3nnc(NC(=O)c4ccccc4Cl)s3)n2)c1. The predicted molar refractivity (Wildman–Crippen MR) is 124 cm³/mol. The summed E-state index contributed by atoms with van der Waals surface area (Å²) in [6.45, 7) is -0.194. The van der Waals surface area contributed by atoms with E-state index in [9.17, 15) is 13.2 Å². The summed E-state index contributed by atoms with van der Waals surface area (Å²) in [7, 11) is -1.15. The van der Waals surface area contributed by atoms with Crippen LogP contribution in [-0.2, 0) is 16.6 Å². The smallest absolute Gasteiger partial charge is 0.272 e. The van der Waals surface area contributed by atoms with Crippen molar-refractivity contribution >= 4 is 44.0 Å². The summed E-state index contributed by atoms with van der Waals surface area (Å²) in [5, 5.41) is 14.1. The van der Waals surface area contributed by atoms with Crippen molar-refractivity contribution in [1.29, 1.82) is 0 Å². The number of hydrogen-bond acceptors (Lipinski definition) is 10. The van der Waals surface area contributed by atoms with Crippen molar-refractivity contribution in [1.82, 2.24) is 24.6 Å². The van der Waals surface area contributed by atoms with E-state index < -0.39 is 15.9 Å². The zero-order valence-corrected chi connectivity index (χ0v) is 20.2. The third-order valence-electron chi connectivity index (χ3n) is 4.53. The number of carbonyl (C=O) groups excluding carboxylic acids is 1. The second kappa shape index (κ2) is 9.85. The molecular weight excluding hydrogens is 504 g/mol. The molecule has 4 aromatic rings. The van der Waals surface area contributed by atoms with Crippen LogP contribution in [-0.4, -0.2) is 53.1 Å². The maximum Gasteiger partial charge on any atom is 0.272 e. The van der Waals surface area contributed by atoms with Gasteiger partial charge in [-0.25, -0.2) is 8.42 Å². The highest BCUT2D eigenvalue weighted by atomic mass is 35.5. The number of nitrogens with one attached hydrogen (secondary N) is 1. The Morgan fingerprint density at radius 2 is 2.00 bits per heavy atom. The van der Waals surface area contributed by atoms with Gasteiger partial charge in [-0.15, -0.1) is 10.2 Å². The standard InChI is InChI=1S/C20H17ClN6O5S2/c1-27(11-16-22-17(26-32-16)12-6-5-7-13(10-12)31-2)34(29,30)20-25-24-19(33-20)23-18(28)14-8-3-4-9-15(14)21/h3-10H,11H2,1-2H3,(H,23,24,28). The van der Waals surface area contributed by atoms with Crippen molar-refractivity contribution in [2.75, 3.05) is 19.5 Å². The third-order valence-corrected chi connectivity index (χ3v) is 7.85. The van der Waals surface area contributed by atoms with Gasteiger partial charge in [0.05, 0.1) is 24.2 Å². The lowest BCUT2D eigenvalue weighted by Gasteiger charge is -2.11. The number of ether oxygens (including phenoxy) is 1. The number of halogens is 1. The number of hydrogen-bond donors (Lipinski definition) is 1. The molecule has 0 aliphatic heterocycles. The highest BCUT2D eigenvalue weighted by molar-refractivity contribution is 7.91. The van der Waals surface area contributed by atoms with Gasteiger partial charge in [-0.2, -0.15) is 9.29 Å². The van der Waals surface area contributed by atoms with Crippen molar-refractivity contribution in [2.45, 2.75) is 10.9 Å². The molecule has 0 spiro atoms. The van der Waals surface area contributed by atoms with Crippen molar-refractivity contribution in [3.8, 4) is 17.1 Å². The van der Waals surface area contributed by atoms with Crippen molar-refractivity contribution in [3.05, 3.63) is 65.0 Å². The molecule has 0 fully saturated rings. The lowest BCUT2D eigenvalue weighted by atomic mass is 10.2. The Morgan fingerprint density at radius 3 is 2.76 bits per heavy atom. The molecule has 34 heavy (non-hydrogen) atoms. The fourth-order valence-electron chi connectivity index (χ4n) is 2.78. The van der Waals surface area contributed by atoms with E-state index >= 15 is 0 Å². The second-order valence-electron chi connectivity index (χ2n) is 6.81. The lowest BCUT2D eigenvalue weighted by Crippen LogP contribution is -2.26. The largest absolute Gasteiger partial charge is 0.497 e. The van der Waals surface area contributed by atoms with E-state index in [0.29, 0.717) is 28.5 Å². The van der Waals surface area contributed by atoms with Crippen LogP contribution in [0.15, 0.2) is 57.4 Å². The fourth-order valence-corrected chi connectivity index (χ4v) is 5.21. The quantitative estimate of drug-likeness (QED) is 0.346. The summed E-state index contributed by atoms with van der Waals surface area (Å²) in [6.07, 6.45) is 0. The predicted octanol–water partition coefficient (Wildman–Crippen LogP) is 3.32. The Hall–Kier alpha value is -3.39. The van der Waals surface area contributed by atoms with Crippen LogP contribution in [0, 0.1) is 0 Å². The molecule has 0 unspecified atom stereocenters. The Labute approximate surface area is 203 Å². The number of carbonyl (C=O) groups is 1. The summed E-state index contributed by atoms with van der Waals surface area (Å²) in [5.41, 5.74) is 0.881. The minimum absolute atomic E-state index is 0.00926. The van der Waals surface area contributed by atoms with Crippen LogP contribution in [0.5, 0.6) is 5.75 Å². The van der Waals surface area contributed by atoms with Gasteiger partial charge in [0.25, 0.3) is 15.9 Å². The van der Waals surface area contributed by atoms with E-state index in [1.54, 1.807) is 49.6 Å². The number of anilines is 1. The molecule has 11 nitrogen and oxygen atoms in total. The minimum atomic E-state index is -4.04. The number of sulfonamides is 1. The molecule has 2 heterocycles. The summed E-state index contributed by atoms with van der Waals surface area (Å²) in [4.78, 5) is 16.6. The monoisotopic (exact) mass is 520 g/mol. The first-order chi connectivity index (χ1) is 16.3. The van der Waals surface area contributed by atoms with Crippen LogP contribution < -0.4 is 10.1 Å². The Balaban J connectivity index is 1.45. The highest BCUT2D eigenvalue weighted by Crippen LogP contribution is 2.26.